The first-order valence-electron chi connectivity index (χ1n) is 11.2. The summed E-state index contributed by atoms with van der Waals surface area (Å²) in [7, 11) is 1.44. The van der Waals surface area contributed by atoms with E-state index in [1.807, 2.05) is 11.0 Å². The number of hydrogen-bond acceptors (Lipinski definition) is 7. The van der Waals surface area contributed by atoms with Gasteiger partial charge in [-0.1, -0.05) is 6.07 Å². The minimum Gasteiger partial charge on any atom is -0.494 e. The van der Waals surface area contributed by atoms with Gasteiger partial charge in [-0.2, -0.15) is 0 Å². The molecule has 2 N–H and O–H groups in total. The molecule has 0 aromatic heterocycles. The number of methoxy groups -OCH3 is 1. The number of amides is 3. The van der Waals surface area contributed by atoms with Crippen molar-refractivity contribution in [1.29, 1.82) is 0 Å². The molecule has 10 heteroatoms. The standard InChI is InChI=1S/C24H29FN4O5/c1-16(23(30)27-24(31)26-18-4-6-21-22(14-18)34-12-11-33-21)29-9-7-28(8-10-29)15-17-3-5-20(32-2)19(25)13-17/h3-6,13-14,16H,7-12,15H2,1-2H3,(H2,26,27,30,31). The van der Waals surface area contributed by atoms with Crippen molar-refractivity contribution in [3.63, 3.8) is 0 Å². The number of benzene rings is 2. The van der Waals surface area contributed by atoms with Crippen molar-refractivity contribution in [2.45, 2.75) is 19.5 Å². The van der Waals surface area contributed by atoms with Crippen LogP contribution in [0.4, 0.5) is 14.9 Å². The van der Waals surface area contributed by atoms with Crippen LogP contribution in [0.2, 0.25) is 0 Å². The Bertz CT molecular complexity index is 1040. The Labute approximate surface area is 197 Å². The largest absolute Gasteiger partial charge is 0.494 e. The Morgan fingerprint density at radius 3 is 2.50 bits per heavy atom. The van der Waals surface area contributed by atoms with Crippen molar-refractivity contribution < 1.29 is 28.2 Å². The number of halogens is 1. The van der Waals surface area contributed by atoms with Crippen LogP contribution in [-0.2, 0) is 11.3 Å². The molecule has 182 valence electrons. The second kappa shape index (κ2) is 10.7. The first kappa shape index (κ1) is 23.8. The maximum absolute atomic E-state index is 13.9. The van der Waals surface area contributed by atoms with Gasteiger partial charge in [0, 0.05) is 44.5 Å². The van der Waals surface area contributed by atoms with E-state index < -0.39 is 12.1 Å². The van der Waals surface area contributed by atoms with Gasteiger partial charge < -0.3 is 19.5 Å². The van der Waals surface area contributed by atoms with Gasteiger partial charge in [0.25, 0.3) is 0 Å². The number of ether oxygens (including phenoxy) is 3. The SMILES string of the molecule is COc1ccc(CN2CCN(C(C)C(=O)NC(=O)Nc3ccc4c(c3)OCCO4)CC2)cc1F. The highest BCUT2D eigenvalue weighted by Gasteiger charge is 2.27. The third-order valence-electron chi connectivity index (χ3n) is 5.99. The fourth-order valence-electron chi connectivity index (χ4n) is 4.04. The summed E-state index contributed by atoms with van der Waals surface area (Å²) < 4.78 is 29.9. The molecule has 34 heavy (non-hydrogen) atoms. The molecule has 2 aromatic rings. The number of nitrogens with one attached hydrogen (secondary N) is 2. The van der Waals surface area contributed by atoms with Crippen molar-refractivity contribution in [2.24, 2.45) is 0 Å². The smallest absolute Gasteiger partial charge is 0.325 e. The Kier molecular flexibility index (Phi) is 7.49. The average molecular weight is 473 g/mol. The van der Waals surface area contributed by atoms with Crippen LogP contribution in [0.25, 0.3) is 0 Å². The Balaban J connectivity index is 1.23. The third kappa shape index (κ3) is 5.75. The van der Waals surface area contributed by atoms with Crippen LogP contribution in [0.15, 0.2) is 36.4 Å². The molecule has 0 radical (unpaired) electrons. The summed E-state index contributed by atoms with van der Waals surface area (Å²) in [6.45, 7) is 6.12. The fourth-order valence-corrected chi connectivity index (χ4v) is 4.04. The van der Waals surface area contributed by atoms with Gasteiger partial charge in [0.15, 0.2) is 23.1 Å². The quantitative estimate of drug-likeness (QED) is 0.667. The van der Waals surface area contributed by atoms with E-state index in [0.717, 1.165) is 18.7 Å². The summed E-state index contributed by atoms with van der Waals surface area (Å²) in [6, 6.07) is 8.97. The van der Waals surface area contributed by atoms with E-state index in [9.17, 15) is 14.0 Å². The molecule has 2 heterocycles. The van der Waals surface area contributed by atoms with E-state index in [-0.39, 0.29) is 17.5 Å². The Hall–Kier alpha value is -3.37. The zero-order valence-corrected chi connectivity index (χ0v) is 19.3. The monoisotopic (exact) mass is 472 g/mol. The van der Waals surface area contributed by atoms with Crippen molar-refractivity contribution in [3.05, 3.63) is 47.8 Å². The number of carbonyl (C=O) groups excluding carboxylic acids is 2. The summed E-state index contributed by atoms with van der Waals surface area (Å²) in [5, 5.41) is 5.06. The fraction of sp³-hybridized carbons (Fsp3) is 0.417. The van der Waals surface area contributed by atoms with Gasteiger partial charge in [-0.25, -0.2) is 9.18 Å². The Morgan fingerprint density at radius 2 is 1.79 bits per heavy atom. The van der Waals surface area contributed by atoms with Crippen LogP contribution in [0, 0.1) is 5.82 Å². The summed E-state index contributed by atoms with van der Waals surface area (Å²) in [6.07, 6.45) is 0. The van der Waals surface area contributed by atoms with Crippen LogP contribution in [0.1, 0.15) is 12.5 Å². The van der Waals surface area contributed by atoms with E-state index in [1.54, 1.807) is 31.2 Å². The molecular formula is C24H29FN4O5. The molecule has 2 aliphatic rings. The molecule has 1 atom stereocenters. The van der Waals surface area contributed by atoms with Gasteiger partial charge in [0.05, 0.1) is 13.2 Å². The normalized spacial score (nSPS) is 17.0. The van der Waals surface area contributed by atoms with Crippen molar-refractivity contribution in [1.82, 2.24) is 15.1 Å². The molecule has 0 spiro atoms. The highest BCUT2D eigenvalue weighted by atomic mass is 19.1. The highest BCUT2D eigenvalue weighted by Crippen LogP contribution is 2.32. The lowest BCUT2D eigenvalue weighted by Gasteiger charge is -2.37. The number of piperazine rings is 1. The molecule has 0 saturated carbocycles. The van der Waals surface area contributed by atoms with Gasteiger partial charge in [0.1, 0.15) is 13.2 Å². The van der Waals surface area contributed by atoms with Gasteiger partial charge >= 0.3 is 6.03 Å². The number of hydrogen-bond donors (Lipinski definition) is 2. The van der Waals surface area contributed by atoms with Gasteiger partial charge in [-0.3, -0.25) is 19.9 Å². The molecule has 9 nitrogen and oxygen atoms in total. The van der Waals surface area contributed by atoms with Crippen LogP contribution < -0.4 is 24.8 Å². The molecule has 2 aliphatic heterocycles. The molecule has 2 aromatic carbocycles. The summed E-state index contributed by atoms with van der Waals surface area (Å²) in [4.78, 5) is 29.2. The second-order valence-corrected chi connectivity index (χ2v) is 8.26. The van der Waals surface area contributed by atoms with E-state index in [4.69, 9.17) is 14.2 Å². The van der Waals surface area contributed by atoms with Gasteiger partial charge in [0.2, 0.25) is 5.91 Å². The molecule has 1 saturated heterocycles. The lowest BCUT2D eigenvalue weighted by Crippen LogP contribution is -2.54. The molecular weight excluding hydrogens is 443 g/mol. The Morgan fingerprint density at radius 1 is 1.06 bits per heavy atom. The van der Waals surface area contributed by atoms with Gasteiger partial charge in [-0.05, 0) is 36.8 Å². The maximum atomic E-state index is 13.9. The summed E-state index contributed by atoms with van der Waals surface area (Å²) in [5.74, 6) is 0.655. The number of urea groups is 1. The summed E-state index contributed by atoms with van der Waals surface area (Å²) in [5.41, 5.74) is 1.37. The van der Waals surface area contributed by atoms with Crippen LogP contribution in [-0.4, -0.2) is 74.3 Å². The molecule has 0 aliphatic carbocycles. The molecule has 0 bridgehead atoms. The van der Waals surface area contributed by atoms with Gasteiger partial charge in [-0.15, -0.1) is 0 Å². The summed E-state index contributed by atoms with van der Waals surface area (Å²) >= 11 is 0. The topological polar surface area (TPSA) is 92.4 Å². The number of nitrogens with zero attached hydrogens (tertiary/aromatic N) is 2. The second-order valence-electron chi connectivity index (χ2n) is 8.26. The van der Waals surface area contributed by atoms with Crippen molar-refractivity contribution in [3.8, 4) is 17.2 Å². The molecule has 3 amide bonds. The van der Waals surface area contributed by atoms with Crippen molar-refractivity contribution in [2.75, 3.05) is 51.8 Å². The predicted molar refractivity (Wildman–Crippen MR) is 124 cm³/mol. The zero-order valence-electron chi connectivity index (χ0n) is 19.3. The zero-order chi connectivity index (χ0) is 24.1. The van der Waals surface area contributed by atoms with Crippen LogP contribution in [0.3, 0.4) is 0 Å². The number of carbonyl (C=O) groups is 2. The molecule has 4 rings (SSSR count). The lowest BCUT2D eigenvalue weighted by atomic mass is 10.1. The minimum absolute atomic E-state index is 0.228. The lowest BCUT2D eigenvalue weighted by molar-refractivity contribution is -0.125. The number of fused-ring (bicyclic) bond motifs is 1. The van der Waals surface area contributed by atoms with E-state index in [1.165, 1.54) is 13.2 Å². The first-order chi connectivity index (χ1) is 16.4. The predicted octanol–water partition coefficient (Wildman–Crippen LogP) is 2.46. The number of rotatable bonds is 6. The third-order valence-corrected chi connectivity index (χ3v) is 5.99. The maximum Gasteiger partial charge on any atom is 0.325 e. The van der Waals surface area contributed by atoms with Crippen molar-refractivity contribution >= 4 is 17.6 Å². The van der Waals surface area contributed by atoms with E-state index in [0.29, 0.717) is 50.0 Å². The first-order valence-corrected chi connectivity index (χ1v) is 11.2. The molecule has 1 unspecified atom stereocenters. The average Bonchev–Trinajstić information content (AvgIpc) is 2.84. The minimum atomic E-state index is -0.603. The number of imide groups is 1. The van der Waals surface area contributed by atoms with Crippen LogP contribution in [0.5, 0.6) is 17.2 Å². The van der Waals surface area contributed by atoms with E-state index in [2.05, 4.69) is 15.5 Å². The van der Waals surface area contributed by atoms with E-state index >= 15 is 0 Å². The molecule has 1 fully saturated rings. The van der Waals surface area contributed by atoms with Crippen LogP contribution >= 0.6 is 0 Å². The highest BCUT2D eigenvalue weighted by molar-refractivity contribution is 6.02. The number of anilines is 1.